The Balaban J connectivity index is 0.994. The molecule has 22 heteroatoms. The van der Waals surface area contributed by atoms with Crippen molar-refractivity contribution in [1.82, 2.24) is 25.3 Å². The summed E-state index contributed by atoms with van der Waals surface area (Å²) in [5.41, 5.74) is 15.9. The van der Waals surface area contributed by atoms with Crippen LogP contribution in [-0.2, 0) is 54.6 Å². The van der Waals surface area contributed by atoms with Gasteiger partial charge in [-0.3, -0.25) is 23.7 Å². The van der Waals surface area contributed by atoms with Gasteiger partial charge >= 0.3 is 5.97 Å². The molecule has 9 rings (SSSR count). The van der Waals surface area contributed by atoms with Gasteiger partial charge in [-0.15, -0.1) is 0 Å². The molecule has 4 heterocycles. The average molecular weight is 1230 g/mol. The highest BCUT2D eigenvalue weighted by molar-refractivity contribution is 7.85. The number of aryl methyl sites for hydroxylation is 1. The number of hydrogen-bond donors (Lipinski definition) is 7. The Morgan fingerprint density at radius 2 is 1.71 bits per heavy atom. The van der Waals surface area contributed by atoms with Crippen LogP contribution in [0.25, 0.3) is 11.2 Å². The molecule has 20 nitrogen and oxygen atoms in total. The molecule has 6 aromatic rings. The summed E-state index contributed by atoms with van der Waals surface area (Å²) in [4.78, 5) is 55.7. The number of nitrogens with two attached hydrogens (primary N) is 1. The fraction of sp³-hybridized carbons (Fsp3) is 0.359. The normalized spacial score (nSPS) is 17.0. The van der Waals surface area contributed by atoms with E-state index in [1.165, 1.54) is 6.20 Å². The number of aliphatic carboxylic acids is 1. The summed E-state index contributed by atoms with van der Waals surface area (Å²) in [6.07, 6.45) is 15.9. The van der Waals surface area contributed by atoms with Crippen LogP contribution in [0.2, 0.25) is 0 Å². The van der Waals surface area contributed by atoms with Crippen LogP contribution < -0.4 is 31.6 Å². The molecule has 452 valence electrons. The maximum atomic E-state index is 13.5. The van der Waals surface area contributed by atoms with Gasteiger partial charge in [-0.1, -0.05) is 69.2 Å². The minimum Gasteiger partial charge on any atom is -0.480 e. The number of benzene rings is 4. The van der Waals surface area contributed by atoms with Crippen molar-refractivity contribution in [2.24, 2.45) is 0 Å². The molecule has 4 aromatic carbocycles. The molecule has 2 aromatic heterocycles. The van der Waals surface area contributed by atoms with Crippen LogP contribution in [0.4, 0.5) is 23.0 Å². The highest BCUT2D eigenvalue weighted by Crippen LogP contribution is 2.49. The first-order valence-electron chi connectivity index (χ1n) is 28.8. The van der Waals surface area contributed by atoms with Crippen LogP contribution in [-0.4, -0.2) is 98.0 Å². The average Bonchev–Trinajstić information content (AvgIpc) is 1.78. The number of anilines is 3. The molecular weight excluding hydrogens is 1150 g/mol. The molecule has 0 spiro atoms. The van der Waals surface area contributed by atoms with Gasteiger partial charge in [0, 0.05) is 65.1 Å². The van der Waals surface area contributed by atoms with Crippen molar-refractivity contribution in [3.8, 4) is 5.75 Å². The van der Waals surface area contributed by atoms with E-state index >= 15 is 0 Å². The van der Waals surface area contributed by atoms with Crippen LogP contribution in [0.1, 0.15) is 130 Å². The molecule has 0 unspecified atom stereocenters. The Kier molecular flexibility index (Phi) is 18.6. The molecule has 0 bridgehead atoms. The molecule has 0 fully saturated rings. The Morgan fingerprint density at radius 1 is 0.953 bits per heavy atom. The Labute approximate surface area is 501 Å². The largest absolute Gasteiger partial charge is 0.480 e. The number of unbranched alkanes of at least 4 members (excludes halogenated alkanes) is 3. The van der Waals surface area contributed by atoms with Gasteiger partial charge in [0.15, 0.2) is 16.9 Å². The van der Waals surface area contributed by atoms with Gasteiger partial charge in [-0.25, -0.2) is 14.8 Å². The number of carbonyl (C=O) groups is 2. The lowest BCUT2D eigenvalue weighted by molar-refractivity contribution is -0.438. The first-order valence-corrected chi connectivity index (χ1v) is 32.1. The van der Waals surface area contributed by atoms with Gasteiger partial charge in [-0.2, -0.15) is 26.4 Å². The number of aromatic nitrogens is 4. The Morgan fingerprint density at radius 3 is 2.42 bits per heavy atom. The highest BCUT2D eigenvalue weighted by Gasteiger charge is 2.45. The number of H-pyrrole nitrogens is 1. The van der Waals surface area contributed by atoms with Gasteiger partial charge in [-0.05, 0) is 148 Å². The third kappa shape index (κ3) is 14.7. The number of fused-ring (bicyclic) bond motifs is 3. The molecule has 0 saturated carbocycles. The van der Waals surface area contributed by atoms with Gasteiger partial charge in [0.25, 0.3) is 31.7 Å². The molecule has 0 radical (unpaired) electrons. The number of nitrogen functional groups attached to an aromatic ring is 1. The third-order valence-corrected chi connectivity index (χ3v) is 17.5. The number of rotatable bonds is 24. The van der Waals surface area contributed by atoms with Crippen LogP contribution in [0.5, 0.6) is 5.75 Å². The lowest BCUT2D eigenvalue weighted by Crippen LogP contribution is -2.42. The molecule has 2 aliphatic heterocycles. The Hall–Kier alpha value is -8.31. The van der Waals surface area contributed by atoms with E-state index in [4.69, 9.17) is 10.5 Å². The van der Waals surface area contributed by atoms with Crippen molar-refractivity contribution in [3.05, 3.63) is 187 Å². The minimum absolute atomic E-state index is 0.0268. The van der Waals surface area contributed by atoms with Crippen molar-refractivity contribution in [2.45, 2.75) is 128 Å². The number of nitrogens with zero attached hydrogens (tertiary/aromatic N) is 5. The number of amides is 1. The number of allylic oxidation sites excluding steroid dienone is 7. The zero-order valence-electron chi connectivity index (χ0n) is 49.2. The quantitative estimate of drug-likeness (QED) is 0.0168. The van der Waals surface area contributed by atoms with Crippen LogP contribution in [0.15, 0.2) is 143 Å². The lowest BCUT2D eigenvalue weighted by atomic mass is 9.80. The first kappa shape index (κ1) is 62.2. The van der Waals surface area contributed by atoms with Crippen LogP contribution in [0.3, 0.4) is 0 Å². The van der Waals surface area contributed by atoms with E-state index < -0.39 is 60.3 Å². The van der Waals surface area contributed by atoms with Crippen LogP contribution >= 0.6 is 0 Å². The third-order valence-electron chi connectivity index (χ3n) is 16.0. The summed E-state index contributed by atoms with van der Waals surface area (Å²) in [5, 5.41) is 16.2. The second kappa shape index (κ2) is 25.7. The molecule has 1 aliphatic carbocycles. The second-order valence-corrected chi connectivity index (χ2v) is 26.3. The van der Waals surface area contributed by atoms with Crippen molar-refractivity contribution < 1.29 is 49.9 Å². The fourth-order valence-corrected chi connectivity index (χ4v) is 12.7. The number of ether oxygens (including phenoxy) is 1. The predicted molar refractivity (Wildman–Crippen MR) is 333 cm³/mol. The summed E-state index contributed by atoms with van der Waals surface area (Å²) < 4.78 is 76.0. The molecule has 8 N–H and O–H groups in total. The zero-order chi connectivity index (χ0) is 61.7. The monoisotopic (exact) mass is 1230 g/mol. The molecule has 0 saturated heterocycles. The van der Waals surface area contributed by atoms with E-state index in [0.29, 0.717) is 59.8 Å². The van der Waals surface area contributed by atoms with E-state index in [0.717, 1.165) is 82.8 Å². The van der Waals surface area contributed by atoms with E-state index in [1.54, 1.807) is 54.6 Å². The fourth-order valence-electron chi connectivity index (χ4n) is 11.6. The number of aromatic amines is 1. The van der Waals surface area contributed by atoms with Crippen molar-refractivity contribution in [3.63, 3.8) is 0 Å². The van der Waals surface area contributed by atoms with Gasteiger partial charge < -0.3 is 31.1 Å². The van der Waals surface area contributed by atoms with Crippen molar-refractivity contribution in [1.29, 1.82) is 0 Å². The minimum atomic E-state index is -4.27. The number of carboxylic acids is 1. The van der Waals surface area contributed by atoms with E-state index in [9.17, 15) is 45.4 Å². The predicted octanol–water partition coefficient (Wildman–Crippen LogP) is 9.95. The maximum absolute atomic E-state index is 13.5. The highest BCUT2D eigenvalue weighted by atomic mass is 32.2. The molecule has 3 aliphatic rings. The maximum Gasteiger partial charge on any atom is 0.326 e. The summed E-state index contributed by atoms with van der Waals surface area (Å²) in [6.45, 7) is 14.3. The molecule has 1 amide bonds. The van der Waals surface area contributed by atoms with E-state index in [-0.39, 0.29) is 47.8 Å². The van der Waals surface area contributed by atoms with Crippen LogP contribution in [0, 0.1) is 6.92 Å². The zero-order valence-corrected chi connectivity index (χ0v) is 50.8. The lowest BCUT2D eigenvalue weighted by Gasteiger charge is -2.27. The summed E-state index contributed by atoms with van der Waals surface area (Å²) in [7, 11) is -8.39. The standard InChI is InChI=1S/C64H73N9O11S2/c1-7-8-9-31-72-53-28-18-42(39-86(81,82)83)35-50(53)64(5,6)55(72)30-22-44-14-12-13-43(21-29-54-63(3,4)49-34-40(2)15-27-52(49)73(54)32-10-11-33-85(78,79)80)57(44)84-48-25-16-41(17-26-48)36-51(61(76)77)69-59(74)45-19-23-46(24-20-45)66-37-47-38-67-58-56(68-47)60(75)71-62(65)70-58/h15-30,34-35,38,51H,7-14,31-33,36-37,39H2,1-6H3,(H7-,65,66,67,69,70,71,74,75,76,77,78,79,80,81,82,83)/p+1/t51-/m0/s1/i16+2,17+2,25+2,26+2,36+2,41+1,48+2,51+2,61+2. The van der Waals surface area contributed by atoms with Gasteiger partial charge in [0.05, 0.1) is 29.6 Å². The summed E-state index contributed by atoms with van der Waals surface area (Å²) in [6, 6.07) is 24.3. The van der Waals surface area contributed by atoms with Crippen molar-refractivity contribution >= 4 is 72.0 Å². The van der Waals surface area contributed by atoms with E-state index in [1.807, 2.05) is 12.1 Å². The SMILES string of the molecule is CCCCC[N+]1=C(/C=C/C2=C(O[14c]3[14cH][14cH][13c]([14CH2][14C@H](NC(=O)c4ccc(NCc5cnc6nc(N)[nH]c(=O)c6n5)cc4)[14C](=O)O)[14cH][14cH]3)C(=C/C=C3/N(CCCCS(=O)(=O)O)c4ccc(C)cc4C3(C)C)/CCC2)C(C)(C)c2cc(CS(=O)(=O)O)ccc21. The topological polar surface area (TPSA) is 300 Å². The number of nitrogens with one attached hydrogen (secondary N) is 3. The summed E-state index contributed by atoms with van der Waals surface area (Å²) >= 11 is 0. The second-order valence-electron chi connectivity index (χ2n) is 23.3. The summed E-state index contributed by atoms with van der Waals surface area (Å²) in [5.74, 6) is -1.53. The molecular formula is C64H74N9O11S2+. The van der Waals surface area contributed by atoms with Crippen molar-refractivity contribution in [2.75, 3.05) is 34.8 Å². The molecule has 86 heavy (non-hydrogen) atoms. The Bertz CT molecular complexity index is 4060. The number of hydrogen-bond acceptors (Lipinski definition) is 14. The van der Waals surface area contributed by atoms with E-state index in [2.05, 4.69) is 124 Å². The van der Waals surface area contributed by atoms with Gasteiger partial charge in [0.2, 0.25) is 11.6 Å². The first-order chi connectivity index (χ1) is 40.8. The number of carboxylic acid groups (broad SMARTS) is 1. The number of carbonyl (C=O) groups excluding carboxylic acids is 1. The van der Waals surface area contributed by atoms with Gasteiger partial charge in [0.1, 0.15) is 29.8 Å². The smallest absolute Gasteiger partial charge is 0.326 e. The molecule has 1 atom stereocenters.